The number of ether oxygens (including phenoxy) is 1. The third-order valence-corrected chi connectivity index (χ3v) is 5.43. The van der Waals surface area contributed by atoms with Gasteiger partial charge < -0.3 is 21.1 Å². The summed E-state index contributed by atoms with van der Waals surface area (Å²) in [5.41, 5.74) is 7.77. The molecule has 0 atom stereocenters. The molecule has 29 heavy (non-hydrogen) atoms. The first-order valence-electron chi connectivity index (χ1n) is 9.95. The summed E-state index contributed by atoms with van der Waals surface area (Å²) in [5.74, 6) is 0.814. The van der Waals surface area contributed by atoms with E-state index >= 15 is 0 Å². The third-order valence-electron chi connectivity index (χ3n) is 5.43. The molecule has 0 spiro atoms. The molecule has 1 saturated carbocycles. The number of nitrogens with two attached hydrogens (primary N) is 1. The number of rotatable bonds is 7. The molecule has 4 N–H and O–H groups in total. The second-order valence-electron chi connectivity index (χ2n) is 7.47. The normalized spacial score (nSPS) is 18.7. The Bertz CT molecular complexity index is 833. The first-order valence-corrected chi connectivity index (χ1v) is 9.95. The highest BCUT2D eigenvalue weighted by Gasteiger charge is 2.26. The minimum atomic E-state index is -0.168. The number of benzene rings is 1. The van der Waals surface area contributed by atoms with Crippen LogP contribution in [0.5, 0.6) is 5.75 Å². The molecule has 3 rings (SSSR count). The van der Waals surface area contributed by atoms with Crippen LogP contribution in [0.2, 0.25) is 0 Å². The number of methoxy groups -OCH3 is 1. The number of pyridine rings is 1. The van der Waals surface area contributed by atoms with Gasteiger partial charge in [-0.05, 0) is 55.4 Å². The Kier molecular flexibility index (Phi) is 7.05. The van der Waals surface area contributed by atoms with Gasteiger partial charge in [0.05, 0.1) is 12.7 Å². The Morgan fingerprint density at radius 3 is 2.66 bits per heavy atom. The smallest absolute Gasteiger partial charge is 0.255 e. The number of amides is 2. The van der Waals surface area contributed by atoms with Crippen molar-refractivity contribution in [3.63, 3.8) is 0 Å². The van der Waals surface area contributed by atoms with E-state index in [4.69, 9.17) is 10.5 Å². The molecule has 1 aromatic heterocycles. The zero-order chi connectivity index (χ0) is 20.6. The molecule has 1 fully saturated rings. The van der Waals surface area contributed by atoms with Gasteiger partial charge in [-0.15, -0.1) is 0 Å². The number of carbonyl (C=O) groups excluding carboxylic acids is 2. The third kappa shape index (κ3) is 5.70. The Labute approximate surface area is 171 Å². The van der Waals surface area contributed by atoms with Crippen LogP contribution in [0.15, 0.2) is 42.7 Å². The number of anilines is 1. The van der Waals surface area contributed by atoms with Crippen molar-refractivity contribution in [1.29, 1.82) is 0 Å². The SMILES string of the molecule is COc1cc(N)ccc1C(=O)NCC1CCC(C(=O)NCc2cccnc2)CC1. The lowest BCUT2D eigenvalue weighted by Crippen LogP contribution is -2.36. The van der Waals surface area contributed by atoms with Gasteiger partial charge >= 0.3 is 0 Å². The van der Waals surface area contributed by atoms with Gasteiger partial charge in [0.2, 0.25) is 5.91 Å². The minimum Gasteiger partial charge on any atom is -0.496 e. The second-order valence-corrected chi connectivity index (χ2v) is 7.47. The summed E-state index contributed by atoms with van der Waals surface area (Å²) < 4.78 is 5.25. The van der Waals surface area contributed by atoms with Crippen LogP contribution in [0.3, 0.4) is 0 Å². The Morgan fingerprint density at radius 1 is 1.17 bits per heavy atom. The van der Waals surface area contributed by atoms with Crippen molar-refractivity contribution in [3.05, 3.63) is 53.9 Å². The maximum absolute atomic E-state index is 12.5. The molecule has 2 aromatic rings. The molecule has 0 saturated heterocycles. The van der Waals surface area contributed by atoms with E-state index < -0.39 is 0 Å². The van der Waals surface area contributed by atoms with Crippen molar-refractivity contribution in [3.8, 4) is 5.75 Å². The van der Waals surface area contributed by atoms with Gasteiger partial charge in [-0.2, -0.15) is 0 Å². The van der Waals surface area contributed by atoms with Gasteiger partial charge in [0, 0.05) is 43.2 Å². The second kappa shape index (κ2) is 9.91. The lowest BCUT2D eigenvalue weighted by atomic mass is 9.81. The van der Waals surface area contributed by atoms with E-state index in [1.807, 2.05) is 12.1 Å². The van der Waals surface area contributed by atoms with E-state index in [-0.39, 0.29) is 17.7 Å². The molecule has 7 heteroatoms. The van der Waals surface area contributed by atoms with Crippen molar-refractivity contribution >= 4 is 17.5 Å². The van der Waals surface area contributed by atoms with Gasteiger partial charge in [-0.25, -0.2) is 0 Å². The molecule has 1 aliphatic carbocycles. The average Bonchev–Trinajstić information content (AvgIpc) is 2.76. The number of aromatic nitrogens is 1. The maximum Gasteiger partial charge on any atom is 0.255 e. The highest BCUT2D eigenvalue weighted by Crippen LogP contribution is 2.29. The number of nitrogen functional groups attached to an aromatic ring is 1. The first kappa shape index (κ1) is 20.6. The lowest BCUT2D eigenvalue weighted by molar-refractivity contribution is -0.126. The molecule has 1 aromatic carbocycles. The summed E-state index contributed by atoms with van der Waals surface area (Å²) in [5, 5.41) is 5.99. The molecule has 2 amide bonds. The largest absolute Gasteiger partial charge is 0.496 e. The predicted molar refractivity (Wildman–Crippen MR) is 111 cm³/mol. The van der Waals surface area contributed by atoms with Gasteiger partial charge in [-0.1, -0.05) is 6.07 Å². The molecule has 154 valence electrons. The quantitative estimate of drug-likeness (QED) is 0.624. The molecule has 0 bridgehead atoms. The van der Waals surface area contributed by atoms with E-state index in [9.17, 15) is 9.59 Å². The Morgan fingerprint density at radius 2 is 1.97 bits per heavy atom. The van der Waals surface area contributed by atoms with Gasteiger partial charge in [0.1, 0.15) is 5.75 Å². The van der Waals surface area contributed by atoms with Crippen LogP contribution >= 0.6 is 0 Å². The number of nitrogens with zero attached hydrogens (tertiary/aromatic N) is 1. The zero-order valence-corrected chi connectivity index (χ0v) is 16.7. The minimum absolute atomic E-state index is 0.0378. The number of hydrogen-bond donors (Lipinski definition) is 3. The standard InChI is InChI=1S/C22H28N4O3/c1-29-20-11-18(23)8-9-19(20)22(28)26-13-15-4-6-17(7-5-15)21(27)25-14-16-3-2-10-24-12-16/h2-3,8-12,15,17H,4-7,13-14,23H2,1H3,(H,25,27)(H,26,28). The van der Waals surface area contributed by atoms with Crippen LogP contribution in [0.25, 0.3) is 0 Å². The van der Waals surface area contributed by atoms with Crippen molar-refractivity contribution in [2.75, 3.05) is 19.4 Å². The number of nitrogens with one attached hydrogen (secondary N) is 2. The first-order chi connectivity index (χ1) is 14.1. The molecule has 0 radical (unpaired) electrons. The van der Waals surface area contributed by atoms with Crippen molar-refractivity contribution in [1.82, 2.24) is 15.6 Å². The highest BCUT2D eigenvalue weighted by atomic mass is 16.5. The van der Waals surface area contributed by atoms with E-state index in [1.165, 1.54) is 7.11 Å². The number of hydrogen-bond acceptors (Lipinski definition) is 5. The van der Waals surface area contributed by atoms with Crippen molar-refractivity contribution in [2.24, 2.45) is 11.8 Å². The molecular formula is C22H28N4O3. The molecule has 1 aliphatic rings. The fourth-order valence-electron chi connectivity index (χ4n) is 3.69. The highest BCUT2D eigenvalue weighted by molar-refractivity contribution is 5.97. The van der Waals surface area contributed by atoms with Gasteiger partial charge in [0.25, 0.3) is 5.91 Å². The van der Waals surface area contributed by atoms with Crippen LogP contribution in [0, 0.1) is 11.8 Å². The number of carbonyl (C=O) groups is 2. The van der Waals surface area contributed by atoms with Gasteiger partial charge in [-0.3, -0.25) is 14.6 Å². The Hall–Kier alpha value is -3.09. The molecular weight excluding hydrogens is 368 g/mol. The summed E-state index contributed by atoms with van der Waals surface area (Å²) in [6, 6.07) is 8.81. The topological polar surface area (TPSA) is 106 Å². The van der Waals surface area contributed by atoms with E-state index in [0.29, 0.717) is 36.0 Å². The van der Waals surface area contributed by atoms with Gasteiger partial charge in [0.15, 0.2) is 0 Å². The summed E-state index contributed by atoms with van der Waals surface area (Å²) >= 11 is 0. The molecule has 0 unspecified atom stereocenters. The fraction of sp³-hybridized carbons (Fsp3) is 0.409. The lowest BCUT2D eigenvalue weighted by Gasteiger charge is -2.28. The van der Waals surface area contributed by atoms with Crippen molar-refractivity contribution < 1.29 is 14.3 Å². The van der Waals surface area contributed by atoms with Crippen LogP contribution in [-0.4, -0.2) is 30.5 Å². The molecule has 1 heterocycles. The fourth-order valence-corrected chi connectivity index (χ4v) is 3.69. The molecule has 7 nitrogen and oxygen atoms in total. The van der Waals surface area contributed by atoms with Crippen LogP contribution in [-0.2, 0) is 11.3 Å². The van der Waals surface area contributed by atoms with Crippen LogP contribution in [0.4, 0.5) is 5.69 Å². The summed E-state index contributed by atoms with van der Waals surface area (Å²) in [6.07, 6.45) is 6.99. The van der Waals surface area contributed by atoms with Crippen molar-refractivity contribution in [2.45, 2.75) is 32.2 Å². The maximum atomic E-state index is 12.5. The Balaban J connectivity index is 1.41. The summed E-state index contributed by atoms with van der Waals surface area (Å²) in [6.45, 7) is 1.10. The zero-order valence-electron chi connectivity index (χ0n) is 16.7. The predicted octanol–water partition coefficient (Wildman–Crippen LogP) is 2.53. The monoisotopic (exact) mass is 396 g/mol. The summed E-state index contributed by atoms with van der Waals surface area (Å²) in [7, 11) is 1.52. The van der Waals surface area contributed by atoms with E-state index in [1.54, 1.807) is 30.6 Å². The van der Waals surface area contributed by atoms with E-state index in [2.05, 4.69) is 15.6 Å². The molecule has 0 aliphatic heterocycles. The average molecular weight is 396 g/mol. The van der Waals surface area contributed by atoms with Crippen LogP contribution in [0.1, 0.15) is 41.6 Å². The van der Waals surface area contributed by atoms with Crippen LogP contribution < -0.4 is 21.1 Å². The van der Waals surface area contributed by atoms with E-state index in [0.717, 1.165) is 31.2 Å². The summed E-state index contributed by atoms with van der Waals surface area (Å²) in [4.78, 5) is 28.9.